The first-order valence-corrected chi connectivity index (χ1v) is 10.5. The van der Waals surface area contributed by atoms with Gasteiger partial charge in [0, 0.05) is 18.0 Å². The molecule has 0 aliphatic rings. The fourth-order valence-corrected chi connectivity index (χ4v) is 4.33. The summed E-state index contributed by atoms with van der Waals surface area (Å²) >= 11 is 2.87. The minimum atomic E-state index is -0.284. The zero-order valence-electron chi connectivity index (χ0n) is 16.0. The molecule has 2 aromatic carbocycles. The number of carbonyl (C=O) groups is 1. The lowest BCUT2D eigenvalue weighted by atomic mass is 10.3. The number of amides is 1. The topological polar surface area (TPSA) is 45.7 Å². The van der Waals surface area contributed by atoms with Gasteiger partial charge in [0.25, 0.3) is 0 Å². The van der Waals surface area contributed by atoms with Crippen molar-refractivity contribution in [2.75, 3.05) is 44.9 Å². The average molecular weight is 420 g/mol. The number of anilines is 1. The Balaban J connectivity index is 1.79. The van der Waals surface area contributed by atoms with E-state index in [-0.39, 0.29) is 17.5 Å². The summed E-state index contributed by atoms with van der Waals surface area (Å²) in [6, 6.07) is 11.9. The zero-order valence-corrected chi connectivity index (χ0v) is 17.6. The second-order valence-electron chi connectivity index (χ2n) is 6.42. The van der Waals surface area contributed by atoms with Crippen molar-refractivity contribution < 1.29 is 13.9 Å². The van der Waals surface area contributed by atoms with Crippen LogP contribution < -0.4 is 9.64 Å². The molecule has 8 heteroatoms. The normalized spacial score (nSPS) is 11.2. The van der Waals surface area contributed by atoms with Gasteiger partial charge in [0.15, 0.2) is 5.13 Å². The second kappa shape index (κ2) is 9.36. The molecule has 148 valence electrons. The van der Waals surface area contributed by atoms with Gasteiger partial charge in [0.1, 0.15) is 11.6 Å². The van der Waals surface area contributed by atoms with Crippen LogP contribution in [0, 0.1) is 5.82 Å². The van der Waals surface area contributed by atoms with E-state index in [1.807, 2.05) is 37.2 Å². The first kappa shape index (κ1) is 20.6. The molecule has 3 aromatic rings. The number of ether oxygens (including phenoxy) is 1. The molecule has 0 atom stereocenters. The summed E-state index contributed by atoms with van der Waals surface area (Å²) in [6.07, 6.45) is 0. The summed E-state index contributed by atoms with van der Waals surface area (Å²) in [5.74, 6) is 0.717. The number of fused-ring (bicyclic) bond motifs is 1. The molecule has 1 heterocycles. The highest BCUT2D eigenvalue weighted by Gasteiger charge is 2.20. The van der Waals surface area contributed by atoms with Crippen molar-refractivity contribution in [1.82, 2.24) is 9.88 Å². The number of nitrogens with zero attached hydrogens (tertiary/aromatic N) is 3. The fraction of sp³-hybridized carbons (Fsp3) is 0.300. The van der Waals surface area contributed by atoms with Crippen LogP contribution in [0.3, 0.4) is 0 Å². The van der Waals surface area contributed by atoms with E-state index in [0.29, 0.717) is 11.7 Å². The van der Waals surface area contributed by atoms with E-state index in [2.05, 4.69) is 4.98 Å². The molecule has 0 bridgehead atoms. The molecule has 0 saturated heterocycles. The molecule has 5 nitrogen and oxygen atoms in total. The summed E-state index contributed by atoms with van der Waals surface area (Å²) in [5.41, 5.74) is 0.842. The van der Waals surface area contributed by atoms with Crippen LogP contribution in [0.5, 0.6) is 5.75 Å². The van der Waals surface area contributed by atoms with Crippen LogP contribution in [0.4, 0.5) is 9.52 Å². The molecular weight excluding hydrogens is 397 g/mol. The zero-order chi connectivity index (χ0) is 20.1. The molecule has 0 N–H and O–H groups in total. The number of aromatic nitrogens is 1. The lowest BCUT2D eigenvalue weighted by molar-refractivity contribution is -0.116. The van der Waals surface area contributed by atoms with E-state index in [1.165, 1.54) is 35.2 Å². The molecule has 0 fully saturated rings. The Morgan fingerprint density at radius 3 is 2.61 bits per heavy atom. The van der Waals surface area contributed by atoms with Gasteiger partial charge >= 0.3 is 0 Å². The molecule has 1 aromatic heterocycles. The number of benzene rings is 2. The molecular formula is C20H22FN3O2S2. The molecule has 0 aliphatic heterocycles. The maximum atomic E-state index is 13.1. The van der Waals surface area contributed by atoms with Crippen LogP contribution in [-0.2, 0) is 4.79 Å². The van der Waals surface area contributed by atoms with Gasteiger partial charge in [0.2, 0.25) is 5.91 Å². The fourth-order valence-electron chi connectivity index (χ4n) is 2.52. The van der Waals surface area contributed by atoms with Crippen molar-refractivity contribution in [3.8, 4) is 5.75 Å². The maximum absolute atomic E-state index is 13.1. The number of hydrogen-bond donors (Lipinski definition) is 0. The van der Waals surface area contributed by atoms with E-state index in [9.17, 15) is 9.18 Å². The van der Waals surface area contributed by atoms with Crippen molar-refractivity contribution in [2.24, 2.45) is 0 Å². The van der Waals surface area contributed by atoms with Gasteiger partial charge in [0.05, 0.1) is 23.1 Å². The third-order valence-corrected chi connectivity index (χ3v) is 6.10. The highest BCUT2D eigenvalue weighted by atomic mass is 32.2. The van der Waals surface area contributed by atoms with Crippen molar-refractivity contribution in [1.29, 1.82) is 0 Å². The molecule has 28 heavy (non-hydrogen) atoms. The smallest absolute Gasteiger partial charge is 0.239 e. The van der Waals surface area contributed by atoms with Crippen molar-refractivity contribution >= 4 is 44.4 Å². The van der Waals surface area contributed by atoms with Gasteiger partial charge in [-0.15, -0.1) is 11.8 Å². The van der Waals surface area contributed by atoms with Gasteiger partial charge in [-0.25, -0.2) is 9.37 Å². The van der Waals surface area contributed by atoms with Crippen molar-refractivity contribution in [3.05, 3.63) is 48.3 Å². The molecule has 3 rings (SSSR count). The van der Waals surface area contributed by atoms with E-state index in [1.54, 1.807) is 24.1 Å². The lowest BCUT2D eigenvalue weighted by Crippen LogP contribution is -2.37. The molecule has 0 spiro atoms. The second-order valence-corrected chi connectivity index (χ2v) is 8.48. The van der Waals surface area contributed by atoms with Crippen molar-refractivity contribution in [3.63, 3.8) is 0 Å². The lowest BCUT2D eigenvalue weighted by Gasteiger charge is -2.21. The molecule has 0 aliphatic carbocycles. The quantitative estimate of drug-likeness (QED) is 0.514. The molecule has 0 unspecified atom stereocenters. The maximum Gasteiger partial charge on any atom is 0.239 e. The summed E-state index contributed by atoms with van der Waals surface area (Å²) in [7, 11) is 5.57. The van der Waals surface area contributed by atoms with E-state index >= 15 is 0 Å². The SMILES string of the molecule is COc1ccc2nc(N(CCN(C)C)C(=O)CSc3ccc(F)cc3)sc2c1. The predicted molar refractivity (Wildman–Crippen MR) is 114 cm³/mol. The van der Waals surface area contributed by atoms with Crippen LogP contribution in [-0.4, -0.2) is 55.8 Å². The van der Waals surface area contributed by atoms with Gasteiger partial charge in [-0.05, 0) is 56.6 Å². The van der Waals surface area contributed by atoms with Crippen molar-refractivity contribution in [2.45, 2.75) is 4.90 Å². The highest BCUT2D eigenvalue weighted by Crippen LogP contribution is 2.32. The minimum absolute atomic E-state index is 0.0257. The standard InChI is InChI=1S/C20H22FN3O2S2/c1-23(2)10-11-24(19(25)13-27-16-7-4-14(21)5-8-16)20-22-17-9-6-15(26-3)12-18(17)28-20/h4-9,12H,10-11,13H2,1-3H3. The summed E-state index contributed by atoms with van der Waals surface area (Å²) in [4.78, 5) is 22.2. The van der Waals surface area contributed by atoms with Gasteiger partial charge in [-0.1, -0.05) is 11.3 Å². The number of likely N-dealkylation sites (N-methyl/N-ethyl adjacent to an activating group) is 1. The van der Waals surface area contributed by atoms with Crippen LogP contribution in [0.25, 0.3) is 10.2 Å². The first-order chi connectivity index (χ1) is 13.5. The number of thiazole rings is 1. The van der Waals surface area contributed by atoms with E-state index in [0.717, 1.165) is 27.4 Å². The summed E-state index contributed by atoms with van der Waals surface area (Å²) in [5, 5.41) is 0.676. The number of carbonyl (C=O) groups excluding carboxylic acids is 1. The Kier molecular flexibility index (Phi) is 6.88. The average Bonchev–Trinajstić information content (AvgIpc) is 3.10. The number of rotatable bonds is 8. The van der Waals surface area contributed by atoms with Gasteiger partial charge in [-0.2, -0.15) is 0 Å². The monoisotopic (exact) mass is 419 g/mol. The summed E-state index contributed by atoms with van der Waals surface area (Å²) in [6.45, 7) is 1.28. The van der Waals surface area contributed by atoms with Crippen LogP contribution in [0.15, 0.2) is 47.4 Å². The van der Waals surface area contributed by atoms with E-state index in [4.69, 9.17) is 4.74 Å². The first-order valence-electron chi connectivity index (χ1n) is 8.74. The number of methoxy groups -OCH3 is 1. The van der Waals surface area contributed by atoms with Crippen LogP contribution in [0.2, 0.25) is 0 Å². The Bertz CT molecular complexity index is 944. The van der Waals surface area contributed by atoms with Gasteiger partial charge in [-0.3, -0.25) is 9.69 Å². The largest absolute Gasteiger partial charge is 0.497 e. The Morgan fingerprint density at radius 2 is 1.93 bits per heavy atom. The molecule has 1 amide bonds. The van der Waals surface area contributed by atoms with Crippen LogP contribution >= 0.6 is 23.1 Å². The minimum Gasteiger partial charge on any atom is -0.497 e. The number of thioether (sulfide) groups is 1. The molecule has 0 radical (unpaired) electrons. The van der Waals surface area contributed by atoms with E-state index < -0.39 is 0 Å². The van der Waals surface area contributed by atoms with Crippen LogP contribution in [0.1, 0.15) is 0 Å². The van der Waals surface area contributed by atoms with Gasteiger partial charge < -0.3 is 9.64 Å². The predicted octanol–water partition coefficient (Wildman–Crippen LogP) is 4.13. The highest BCUT2D eigenvalue weighted by molar-refractivity contribution is 8.00. The summed E-state index contributed by atoms with van der Waals surface area (Å²) < 4.78 is 19.3. The Morgan fingerprint density at radius 1 is 1.18 bits per heavy atom. The Labute approximate surface area is 172 Å². The molecule has 0 saturated carbocycles. The number of halogens is 1. The Hall–Kier alpha value is -2.16. The third kappa shape index (κ3) is 5.21. The third-order valence-electron chi connectivity index (χ3n) is 4.06. The number of hydrogen-bond acceptors (Lipinski definition) is 6.